The summed E-state index contributed by atoms with van der Waals surface area (Å²) in [5.41, 5.74) is 6.94. The lowest BCUT2D eigenvalue weighted by molar-refractivity contribution is -0.274. The van der Waals surface area contributed by atoms with Gasteiger partial charge in [-0.1, -0.05) is 12.1 Å². The maximum absolute atomic E-state index is 13.0. The number of nitrogens with two attached hydrogens (primary N) is 1. The van der Waals surface area contributed by atoms with Crippen LogP contribution in [0.25, 0.3) is 0 Å². The molecule has 0 fully saturated rings. The molecule has 0 heterocycles. The van der Waals surface area contributed by atoms with Crippen molar-refractivity contribution in [2.24, 2.45) is 10.7 Å². The van der Waals surface area contributed by atoms with Crippen LogP contribution in [-0.2, 0) is 4.74 Å². The fraction of sp³-hybridized carbons (Fsp3) is 0.235. The Labute approximate surface area is 147 Å². The van der Waals surface area contributed by atoms with Crippen molar-refractivity contribution in [2.75, 3.05) is 19.0 Å². The van der Waals surface area contributed by atoms with Gasteiger partial charge in [0, 0.05) is 12.8 Å². The van der Waals surface area contributed by atoms with Crippen LogP contribution in [0.15, 0.2) is 53.5 Å². The number of guanidine groups is 1. The Bertz CT molecular complexity index is 731. The Hall–Kier alpha value is -2.81. The third-order valence-corrected chi connectivity index (χ3v) is 3.31. The van der Waals surface area contributed by atoms with E-state index in [0.29, 0.717) is 5.69 Å². The topological polar surface area (TPSA) is 68.9 Å². The van der Waals surface area contributed by atoms with Gasteiger partial charge in [0.1, 0.15) is 17.7 Å². The van der Waals surface area contributed by atoms with Crippen LogP contribution >= 0.6 is 0 Å². The number of alkyl halides is 3. The number of methoxy groups -OCH3 is 1. The van der Waals surface area contributed by atoms with Crippen molar-refractivity contribution in [1.82, 2.24) is 0 Å². The zero-order valence-corrected chi connectivity index (χ0v) is 13.8. The number of anilines is 1. The molecule has 0 aliphatic rings. The number of halogens is 4. The highest BCUT2D eigenvalue weighted by molar-refractivity contribution is 5.92. The van der Waals surface area contributed by atoms with Gasteiger partial charge in [-0.25, -0.2) is 4.39 Å². The number of nitrogens with one attached hydrogen (secondary N) is 1. The van der Waals surface area contributed by atoms with Gasteiger partial charge in [0.25, 0.3) is 0 Å². The van der Waals surface area contributed by atoms with E-state index in [2.05, 4.69) is 15.0 Å². The summed E-state index contributed by atoms with van der Waals surface area (Å²) in [5, 5.41) is 2.75. The van der Waals surface area contributed by atoms with Crippen LogP contribution in [0.2, 0.25) is 0 Å². The molecule has 3 N–H and O–H groups in total. The Kier molecular flexibility index (Phi) is 6.40. The van der Waals surface area contributed by atoms with Gasteiger partial charge in [-0.05, 0) is 42.0 Å². The average molecular weight is 371 g/mol. The van der Waals surface area contributed by atoms with Gasteiger partial charge in [-0.3, -0.25) is 4.99 Å². The first-order valence-corrected chi connectivity index (χ1v) is 7.48. The molecule has 2 rings (SSSR count). The zero-order chi connectivity index (χ0) is 19.2. The Morgan fingerprint density at radius 3 is 2.27 bits per heavy atom. The molecule has 0 aliphatic heterocycles. The number of ether oxygens (including phenoxy) is 2. The summed E-state index contributed by atoms with van der Waals surface area (Å²) in [7, 11) is 1.49. The second-order valence-corrected chi connectivity index (χ2v) is 5.20. The maximum Gasteiger partial charge on any atom is 0.573 e. The van der Waals surface area contributed by atoms with Crippen LogP contribution in [-0.4, -0.2) is 26.0 Å². The molecule has 140 valence electrons. The van der Waals surface area contributed by atoms with Crippen molar-refractivity contribution in [1.29, 1.82) is 0 Å². The van der Waals surface area contributed by atoms with E-state index < -0.39 is 12.5 Å². The number of aliphatic imine (C=N–C) groups is 1. The third-order valence-electron chi connectivity index (χ3n) is 3.31. The van der Waals surface area contributed by atoms with E-state index in [1.807, 2.05) is 0 Å². The monoisotopic (exact) mass is 371 g/mol. The number of nitrogens with zero attached hydrogens (tertiary/aromatic N) is 1. The fourth-order valence-corrected chi connectivity index (χ4v) is 2.10. The summed E-state index contributed by atoms with van der Waals surface area (Å²) in [4.78, 5) is 4.12. The van der Waals surface area contributed by atoms with E-state index in [9.17, 15) is 17.6 Å². The molecule has 2 aromatic rings. The molecule has 0 aromatic heterocycles. The molecule has 0 aliphatic carbocycles. The summed E-state index contributed by atoms with van der Waals surface area (Å²) >= 11 is 0. The number of hydrogen-bond donors (Lipinski definition) is 2. The zero-order valence-electron chi connectivity index (χ0n) is 13.8. The highest BCUT2D eigenvalue weighted by atomic mass is 19.4. The van der Waals surface area contributed by atoms with Gasteiger partial charge in [0.2, 0.25) is 0 Å². The van der Waals surface area contributed by atoms with Crippen LogP contribution in [0.3, 0.4) is 0 Å². The Morgan fingerprint density at radius 1 is 1.12 bits per heavy atom. The first-order valence-electron chi connectivity index (χ1n) is 7.48. The maximum atomic E-state index is 13.0. The van der Waals surface area contributed by atoms with Crippen molar-refractivity contribution < 1.29 is 27.0 Å². The highest BCUT2D eigenvalue weighted by Gasteiger charge is 2.30. The molecule has 1 unspecified atom stereocenters. The van der Waals surface area contributed by atoms with E-state index >= 15 is 0 Å². The molecule has 0 bridgehead atoms. The lowest BCUT2D eigenvalue weighted by Gasteiger charge is -2.14. The van der Waals surface area contributed by atoms with E-state index in [1.54, 1.807) is 12.1 Å². The summed E-state index contributed by atoms with van der Waals surface area (Å²) in [6.07, 6.45) is -5.16. The number of rotatable bonds is 6. The average Bonchev–Trinajstić information content (AvgIpc) is 2.57. The summed E-state index contributed by atoms with van der Waals surface area (Å²) in [6.45, 7) is 0.177. The standard InChI is InChI=1S/C17H17F4N3O2/c1-25-15(11-2-4-12(18)5-3-11)10-23-16(22)24-13-6-8-14(9-7-13)26-17(19,20)21/h2-9,15H,10H2,1H3,(H3,22,23,24). The molecule has 26 heavy (non-hydrogen) atoms. The lowest BCUT2D eigenvalue weighted by atomic mass is 10.1. The van der Waals surface area contributed by atoms with Gasteiger partial charge in [0.05, 0.1) is 6.54 Å². The molecule has 5 nitrogen and oxygen atoms in total. The molecule has 0 spiro atoms. The van der Waals surface area contributed by atoms with Crippen molar-refractivity contribution in [3.63, 3.8) is 0 Å². The Balaban J connectivity index is 1.95. The van der Waals surface area contributed by atoms with Gasteiger partial charge in [0.15, 0.2) is 5.96 Å². The smallest absolute Gasteiger partial charge is 0.406 e. The second kappa shape index (κ2) is 8.52. The van der Waals surface area contributed by atoms with E-state index in [4.69, 9.17) is 10.5 Å². The highest BCUT2D eigenvalue weighted by Crippen LogP contribution is 2.24. The fourth-order valence-electron chi connectivity index (χ4n) is 2.10. The molecular formula is C17H17F4N3O2. The molecule has 0 radical (unpaired) electrons. The quantitative estimate of drug-likeness (QED) is 0.460. The van der Waals surface area contributed by atoms with Crippen molar-refractivity contribution in [3.05, 3.63) is 59.9 Å². The molecular weight excluding hydrogens is 354 g/mol. The van der Waals surface area contributed by atoms with Crippen LogP contribution in [0.4, 0.5) is 23.2 Å². The van der Waals surface area contributed by atoms with Crippen molar-refractivity contribution in [3.8, 4) is 5.75 Å². The summed E-state index contributed by atoms with van der Waals surface area (Å²) in [5.74, 6) is -0.640. The number of hydrogen-bond acceptors (Lipinski definition) is 3. The van der Waals surface area contributed by atoms with E-state index in [0.717, 1.165) is 17.7 Å². The lowest BCUT2D eigenvalue weighted by Crippen LogP contribution is -2.24. The van der Waals surface area contributed by atoms with Crippen molar-refractivity contribution >= 4 is 11.6 Å². The van der Waals surface area contributed by atoms with Gasteiger partial charge in [-0.15, -0.1) is 13.2 Å². The predicted octanol–water partition coefficient (Wildman–Crippen LogP) is 3.84. The minimum atomic E-state index is -4.75. The molecule has 0 saturated heterocycles. The minimum Gasteiger partial charge on any atom is -0.406 e. The number of benzene rings is 2. The molecule has 9 heteroatoms. The molecule has 1 atom stereocenters. The second-order valence-electron chi connectivity index (χ2n) is 5.20. The van der Waals surface area contributed by atoms with Gasteiger partial charge >= 0.3 is 6.36 Å². The predicted molar refractivity (Wildman–Crippen MR) is 89.4 cm³/mol. The first kappa shape index (κ1) is 19.5. The minimum absolute atomic E-state index is 0.0543. The third kappa shape index (κ3) is 6.25. The SMILES string of the molecule is COC(CN=C(N)Nc1ccc(OC(F)(F)F)cc1)c1ccc(F)cc1. The Morgan fingerprint density at radius 2 is 1.73 bits per heavy atom. The molecule has 0 amide bonds. The van der Waals surface area contributed by atoms with Crippen LogP contribution < -0.4 is 15.8 Å². The van der Waals surface area contributed by atoms with Crippen LogP contribution in [0.5, 0.6) is 5.75 Å². The van der Waals surface area contributed by atoms with E-state index in [1.165, 1.54) is 31.4 Å². The molecule has 2 aromatic carbocycles. The largest absolute Gasteiger partial charge is 0.573 e. The van der Waals surface area contributed by atoms with Crippen molar-refractivity contribution in [2.45, 2.75) is 12.5 Å². The summed E-state index contributed by atoms with van der Waals surface area (Å²) < 4.78 is 58.4. The molecule has 0 saturated carbocycles. The first-order chi connectivity index (χ1) is 12.3. The van der Waals surface area contributed by atoms with E-state index in [-0.39, 0.29) is 24.1 Å². The van der Waals surface area contributed by atoms with Gasteiger partial charge in [-0.2, -0.15) is 0 Å². The van der Waals surface area contributed by atoms with Crippen LogP contribution in [0, 0.1) is 5.82 Å². The van der Waals surface area contributed by atoms with Gasteiger partial charge < -0.3 is 20.5 Å². The summed E-state index contributed by atoms with van der Waals surface area (Å²) in [6, 6.07) is 10.9. The normalized spacial score (nSPS) is 13.3. The van der Waals surface area contributed by atoms with Crippen LogP contribution in [0.1, 0.15) is 11.7 Å².